The van der Waals surface area contributed by atoms with Gasteiger partial charge in [-0.1, -0.05) is 30.8 Å². The van der Waals surface area contributed by atoms with Crippen LogP contribution in [0.1, 0.15) is 32.4 Å². The van der Waals surface area contributed by atoms with E-state index in [1.54, 1.807) is 34.9 Å². The van der Waals surface area contributed by atoms with Crippen LogP contribution in [0.25, 0.3) is 16.7 Å². The van der Waals surface area contributed by atoms with Crippen LogP contribution in [0.3, 0.4) is 0 Å². The van der Waals surface area contributed by atoms with Crippen molar-refractivity contribution in [1.82, 2.24) is 29.8 Å². The van der Waals surface area contributed by atoms with Crippen molar-refractivity contribution in [2.24, 2.45) is 0 Å². The van der Waals surface area contributed by atoms with Crippen molar-refractivity contribution >= 4 is 40.3 Å². The topological polar surface area (TPSA) is 124 Å². The Bertz CT molecular complexity index is 1360. The molecule has 178 valence electrons. The molecular formula is C23H26N6O4S. The molecule has 2 N–H and O–H groups in total. The number of aromatic nitrogens is 4. The number of para-hydroxylation sites is 1. The molecule has 1 aromatic carbocycles. The normalized spacial score (nSPS) is 12.2. The zero-order chi connectivity index (χ0) is 24.1. The van der Waals surface area contributed by atoms with E-state index >= 15 is 0 Å². The van der Waals surface area contributed by atoms with Gasteiger partial charge < -0.3 is 15.1 Å². The van der Waals surface area contributed by atoms with Gasteiger partial charge in [-0.2, -0.15) is 0 Å². The van der Waals surface area contributed by atoms with Crippen LogP contribution in [-0.2, 0) is 22.7 Å². The number of nitrogens with one attached hydrogen (secondary N) is 2. The number of carbonyl (C=O) groups is 2. The third-order valence-corrected chi connectivity index (χ3v) is 6.36. The van der Waals surface area contributed by atoms with Gasteiger partial charge in [0, 0.05) is 19.0 Å². The van der Waals surface area contributed by atoms with E-state index in [1.165, 1.54) is 16.3 Å². The van der Waals surface area contributed by atoms with Gasteiger partial charge in [0.15, 0.2) is 5.16 Å². The molecule has 10 nitrogen and oxygen atoms in total. The Morgan fingerprint density at radius 3 is 2.74 bits per heavy atom. The van der Waals surface area contributed by atoms with E-state index in [0.717, 1.165) is 6.42 Å². The highest BCUT2D eigenvalue weighted by Crippen LogP contribution is 2.21. The number of carbonyl (C=O) groups excluding carboxylic acids is 2. The minimum atomic E-state index is -0.236. The minimum Gasteiger partial charge on any atom is -0.467 e. The Kier molecular flexibility index (Phi) is 7.31. The third-order valence-electron chi connectivity index (χ3n) is 5.43. The van der Waals surface area contributed by atoms with Crippen molar-refractivity contribution in [3.63, 3.8) is 0 Å². The molecule has 0 aliphatic rings. The molecule has 0 bridgehead atoms. The van der Waals surface area contributed by atoms with Crippen molar-refractivity contribution in [3.05, 3.63) is 58.8 Å². The van der Waals surface area contributed by atoms with Crippen molar-refractivity contribution in [2.45, 2.75) is 51.0 Å². The standard InChI is InChI=1S/C23H26N6O4S/c1-3-15(2)25-19(30)10-11-28-21(32)17-8-4-5-9-18(17)29-22(28)26-27-23(29)34-14-20(31)24-13-16-7-6-12-33-16/h4-9,12,15H,3,10-11,13-14H2,1-2H3,(H,24,31)(H,25,30)/t15-/m1/s1. The first kappa shape index (κ1) is 23.6. The number of hydrogen-bond acceptors (Lipinski definition) is 7. The number of thioether (sulfide) groups is 1. The average molecular weight is 483 g/mol. The Hall–Kier alpha value is -3.60. The number of amides is 2. The zero-order valence-corrected chi connectivity index (χ0v) is 19.8. The van der Waals surface area contributed by atoms with Crippen LogP contribution >= 0.6 is 11.8 Å². The van der Waals surface area contributed by atoms with E-state index in [-0.39, 0.29) is 42.1 Å². The summed E-state index contributed by atoms with van der Waals surface area (Å²) < 4.78 is 8.45. The van der Waals surface area contributed by atoms with Crippen LogP contribution in [0.4, 0.5) is 0 Å². The Labute approximate surface area is 199 Å². The summed E-state index contributed by atoms with van der Waals surface area (Å²) in [6.45, 7) is 4.40. The summed E-state index contributed by atoms with van der Waals surface area (Å²) >= 11 is 1.22. The van der Waals surface area contributed by atoms with Gasteiger partial charge >= 0.3 is 0 Å². The van der Waals surface area contributed by atoms with Gasteiger partial charge in [0.1, 0.15) is 5.76 Å². The van der Waals surface area contributed by atoms with Crippen LogP contribution < -0.4 is 16.2 Å². The molecule has 0 saturated carbocycles. The monoisotopic (exact) mass is 482 g/mol. The molecule has 1 atom stereocenters. The first-order valence-corrected chi connectivity index (χ1v) is 12.0. The molecule has 0 spiro atoms. The lowest BCUT2D eigenvalue weighted by molar-refractivity contribution is -0.122. The molecule has 34 heavy (non-hydrogen) atoms. The van der Waals surface area contributed by atoms with Crippen LogP contribution in [0.15, 0.2) is 57.0 Å². The number of hydrogen-bond donors (Lipinski definition) is 2. The minimum absolute atomic E-state index is 0.0656. The lowest BCUT2D eigenvalue weighted by Gasteiger charge is -2.13. The molecule has 3 heterocycles. The molecule has 0 saturated heterocycles. The number of benzene rings is 1. The number of rotatable bonds is 10. The number of nitrogens with zero attached hydrogens (tertiary/aromatic N) is 4. The van der Waals surface area contributed by atoms with E-state index in [2.05, 4.69) is 20.8 Å². The molecule has 3 aromatic heterocycles. The van der Waals surface area contributed by atoms with Gasteiger partial charge in [0.25, 0.3) is 5.56 Å². The molecule has 0 aliphatic heterocycles. The molecule has 4 rings (SSSR count). The van der Waals surface area contributed by atoms with E-state index in [1.807, 2.05) is 26.0 Å². The second-order valence-corrected chi connectivity index (χ2v) is 8.81. The van der Waals surface area contributed by atoms with E-state index in [0.29, 0.717) is 34.1 Å². The fourth-order valence-electron chi connectivity index (χ4n) is 3.47. The highest BCUT2D eigenvalue weighted by atomic mass is 32.2. The summed E-state index contributed by atoms with van der Waals surface area (Å²) in [5.74, 6) is 0.802. The number of fused-ring (bicyclic) bond motifs is 3. The quantitative estimate of drug-likeness (QED) is 0.333. The van der Waals surface area contributed by atoms with Crippen LogP contribution in [0, 0.1) is 0 Å². The Balaban J connectivity index is 1.57. The van der Waals surface area contributed by atoms with Gasteiger partial charge in [-0.15, -0.1) is 10.2 Å². The van der Waals surface area contributed by atoms with Gasteiger partial charge in [-0.3, -0.25) is 23.4 Å². The van der Waals surface area contributed by atoms with Gasteiger partial charge in [-0.25, -0.2) is 0 Å². The molecule has 11 heteroatoms. The zero-order valence-electron chi connectivity index (χ0n) is 19.0. The van der Waals surface area contributed by atoms with Crippen LogP contribution in [0.5, 0.6) is 0 Å². The maximum atomic E-state index is 13.2. The fourth-order valence-corrected chi connectivity index (χ4v) is 4.24. The van der Waals surface area contributed by atoms with Crippen molar-refractivity contribution in [3.8, 4) is 0 Å². The third kappa shape index (κ3) is 5.14. The predicted molar refractivity (Wildman–Crippen MR) is 129 cm³/mol. The van der Waals surface area contributed by atoms with Gasteiger partial charge in [0.05, 0.1) is 29.5 Å². The lowest BCUT2D eigenvalue weighted by atomic mass is 10.2. The average Bonchev–Trinajstić information content (AvgIpc) is 3.51. The molecule has 0 radical (unpaired) electrons. The largest absolute Gasteiger partial charge is 0.467 e. The first-order chi connectivity index (χ1) is 16.5. The predicted octanol–water partition coefficient (Wildman–Crippen LogP) is 2.35. The molecule has 0 fully saturated rings. The maximum Gasteiger partial charge on any atom is 0.262 e. The van der Waals surface area contributed by atoms with E-state index in [9.17, 15) is 14.4 Å². The first-order valence-electron chi connectivity index (χ1n) is 11.1. The van der Waals surface area contributed by atoms with Gasteiger partial charge in [0.2, 0.25) is 17.6 Å². The fraction of sp³-hybridized carbons (Fsp3) is 0.348. The molecule has 0 unspecified atom stereocenters. The summed E-state index contributed by atoms with van der Waals surface area (Å²) in [6, 6.07) is 10.8. The van der Waals surface area contributed by atoms with Crippen LogP contribution in [-0.4, -0.2) is 42.8 Å². The molecule has 0 aliphatic carbocycles. The summed E-state index contributed by atoms with van der Waals surface area (Å²) in [6.07, 6.45) is 2.52. The Morgan fingerprint density at radius 2 is 1.97 bits per heavy atom. The van der Waals surface area contributed by atoms with Crippen molar-refractivity contribution in [2.75, 3.05) is 5.75 Å². The Morgan fingerprint density at radius 1 is 1.15 bits per heavy atom. The summed E-state index contributed by atoms with van der Waals surface area (Å²) in [5.41, 5.74) is 0.408. The van der Waals surface area contributed by atoms with Crippen molar-refractivity contribution < 1.29 is 14.0 Å². The van der Waals surface area contributed by atoms with E-state index in [4.69, 9.17) is 4.42 Å². The van der Waals surface area contributed by atoms with Gasteiger partial charge in [-0.05, 0) is 37.6 Å². The second-order valence-electron chi connectivity index (χ2n) is 7.86. The maximum absolute atomic E-state index is 13.2. The van der Waals surface area contributed by atoms with Crippen LogP contribution in [0.2, 0.25) is 0 Å². The number of aryl methyl sites for hydroxylation is 1. The lowest BCUT2D eigenvalue weighted by Crippen LogP contribution is -2.33. The van der Waals surface area contributed by atoms with Crippen molar-refractivity contribution in [1.29, 1.82) is 0 Å². The summed E-state index contributed by atoms with van der Waals surface area (Å²) in [7, 11) is 0. The smallest absolute Gasteiger partial charge is 0.262 e. The second kappa shape index (κ2) is 10.6. The molecule has 4 aromatic rings. The highest BCUT2D eigenvalue weighted by molar-refractivity contribution is 7.99. The molecular weight excluding hydrogens is 456 g/mol. The highest BCUT2D eigenvalue weighted by Gasteiger charge is 2.18. The van der Waals surface area contributed by atoms with E-state index < -0.39 is 0 Å². The summed E-state index contributed by atoms with van der Waals surface area (Å²) in [4.78, 5) is 37.8. The molecule has 2 amide bonds. The summed E-state index contributed by atoms with van der Waals surface area (Å²) in [5, 5.41) is 15.1. The SMILES string of the molecule is CC[C@@H](C)NC(=O)CCn1c(=O)c2ccccc2n2c(SCC(=O)NCc3ccco3)nnc12. The number of furan rings is 1.